The van der Waals surface area contributed by atoms with Gasteiger partial charge >= 0.3 is 0 Å². The molecule has 0 aromatic rings. The molecule has 1 aliphatic heterocycles. The molecule has 1 nitrogen and oxygen atoms in total. The summed E-state index contributed by atoms with van der Waals surface area (Å²) in [6, 6.07) is 0. The van der Waals surface area contributed by atoms with Crippen LogP contribution in [0.2, 0.25) is 0 Å². The van der Waals surface area contributed by atoms with Crippen LogP contribution >= 0.6 is 23.2 Å². The van der Waals surface area contributed by atoms with Crippen LogP contribution in [0, 0.1) is 0 Å². The van der Waals surface area contributed by atoms with Gasteiger partial charge in [0.2, 0.25) is 0 Å². The van der Waals surface area contributed by atoms with E-state index in [1.54, 1.807) is 0 Å². The van der Waals surface area contributed by atoms with Crippen molar-refractivity contribution in [1.82, 2.24) is 0 Å². The summed E-state index contributed by atoms with van der Waals surface area (Å²) in [5.74, 6) is 0. The molecule has 7 heavy (non-hydrogen) atoms. The van der Waals surface area contributed by atoms with Crippen LogP contribution < -0.4 is 0 Å². The van der Waals surface area contributed by atoms with Crippen molar-refractivity contribution in [2.24, 2.45) is 0 Å². The number of hydrogen-bond acceptors (Lipinski definition) is 1. The van der Waals surface area contributed by atoms with Gasteiger partial charge in [0.25, 0.3) is 0 Å². The van der Waals surface area contributed by atoms with Gasteiger partial charge in [0.1, 0.15) is 0 Å². The van der Waals surface area contributed by atoms with Crippen LogP contribution in [0.3, 0.4) is 0 Å². The lowest BCUT2D eigenvalue weighted by Gasteiger charge is -1.96. The highest BCUT2D eigenvalue weighted by molar-refractivity contribution is 6.30. The van der Waals surface area contributed by atoms with E-state index in [0.29, 0.717) is 13.2 Å². The summed E-state index contributed by atoms with van der Waals surface area (Å²) in [6.07, 6.45) is 0. The molecule has 2 atom stereocenters. The maximum absolute atomic E-state index is 5.61. The second-order valence-electron chi connectivity index (χ2n) is 1.57. The summed E-state index contributed by atoms with van der Waals surface area (Å²) in [6.45, 7) is 1.21. The van der Waals surface area contributed by atoms with Gasteiger partial charge in [-0.3, -0.25) is 0 Å². The van der Waals surface area contributed by atoms with E-state index in [-0.39, 0.29) is 10.8 Å². The average molecular weight is 141 g/mol. The van der Waals surface area contributed by atoms with Crippen molar-refractivity contribution in [3.8, 4) is 0 Å². The largest absolute Gasteiger partial charge is 0.378 e. The van der Waals surface area contributed by atoms with E-state index < -0.39 is 0 Å². The predicted octanol–water partition coefficient (Wildman–Crippen LogP) is 1.23. The molecular formula is C4H6Cl2O. The minimum absolute atomic E-state index is 0.0293. The summed E-state index contributed by atoms with van der Waals surface area (Å²) >= 11 is 11.2. The lowest BCUT2D eigenvalue weighted by atomic mass is 10.4. The first-order valence-corrected chi connectivity index (χ1v) is 3.04. The molecule has 1 saturated heterocycles. The number of rotatable bonds is 0. The third kappa shape index (κ3) is 1.21. The van der Waals surface area contributed by atoms with E-state index >= 15 is 0 Å². The molecule has 0 aromatic heterocycles. The van der Waals surface area contributed by atoms with Gasteiger partial charge < -0.3 is 4.74 Å². The number of halogens is 2. The monoisotopic (exact) mass is 140 g/mol. The quantitative estimate of drug-likeness (QED) is 0.461. The molecule has 1 fully saturated rings. The molecule has 0 amide bonds. The van der Waals surface area contributed by atoms with Gasteiger partial charge in [-0.25, -0.2) is 0 Å². The number of alkyl halides is 2. The van der Waals surface area contributed by atoms with Crippen LogP contribution in [0.5, 0.6) is 0 Å². The average Bonchev–Trinajstić information content (AvgIpc) is 1.91. The molecule has 1 rings (SSSR count). The Balaban J connectivity index is 2.33. The van der Waals surface area contributed by atoms with Gasteiger partial charge in [-0.15, -0.1) is 23.2 Å². The Morgan fingerprint density at radius 3 is 1.71 bits per heavy atom. The van der Waals surface area contributed by atoms with Crippen molar-refractivity contribution in [3.63, 3.8) is 0 Å². The van der Waals surface area contributed by atoms with Crippen molar-refractivity contribution >= 4 is 23.2 Å². The predicted molar refractivity (Wildman–Crippen MR) is 30.1 cm³/mol. The molecule has 1 heterocycles. The number of ether oxygens (including phenoxy) is 1. The van der Waals surface area contributed by atoms with Gasteiger partial charge in [0.05, 0.1) is 24.0 Å². The zero-order chi connectivity index (χ0) is 5.28. The van der Waals surface area contributed by atoms with E-state index in [9.17, 15) is 0 Å². The van der Waals surface area contributed by atoms with Crippen LogP contribution in [0.15, 0.2) is 0 Å². The Labute approximate surface area is 52.5 Å². The van der Waals surface area contributed by atoms with Crippen LogP contribution in [-0.2, 0) is 4.74 Å². The van der Waals surface area contributed by atoms with E-state index in [1.165, 1.54) is 0 Å². The molecule has 0 bridgehead atoms. The third-order valence-electron chi connectivity index (χ3n) is 0.947. The molecule has 1 aliphatic rings. The van der Waals surface area contributed by atoms with Crippen molar-refractivity contribution in [1.29, 1.82) is 0 Å². The van der Waals surface area contributed by atoms with Crippen molar-refractivity contribution in [3.05, 3.63) is 0 Å². The topological polar surface area (TPSA) is 9.23 Å². The van der Waals surface area contributed by atoms with Crippen LogP contribution in [0.1, 0.15) is 0 Å². The van der Waals surface area contributed by atoms with Crippen molar-refractivity contribution in [2.45, 2.75) is 10.8 Å². The highest BCUT2D eigenvalue weighted by Crippen LogP contribution is 2.16. The summed E-state index contributed by atoms with van der Waals surface area (Å²) in [7, 11) is 0. The Morgan fingerprint density at radius 1 is 1.14 bits per heavy atom. The van der Waals surface area contributed by atoms with Crippen LogP contribution in [0.25, 0.3) is 0 Å². The highest BCUT2D eigenvalue weighted by atomic mass is 35.5. The second kappa shape index (κ2) is 2.21. The molecular weight excluding hydrogens is 135 g/mol. The van der Waals surface area contributed by atoms with Gasteiger partial charge in [0.15, 0.2) is 0 Å². The molecule has 0 radical (unpaired) electrons. The fourth-order valence-electron chi connectivity index (χ4n) is 0.502. The van der Waals surface area contributed by atoms with E-state index in [1.807, 2.05) is 0 Å². The van der Waals surface area contributed by atoms with Gasteiger partial charge in [0, 0.05) is 0 Å². The fraction of sp³-hybridized carbons (Fsp3) is 1.00. The summed E-state index contributed by atoms with van der Waals surface area (Å²) < 4.78 is 4.91. The standard InChI is InChI=1S/C4H6Cl2O/c5-3-1-7-2-4(3)6/h3-4H,1-2H2/t3-,4-/m0/s1. The number of hydrogen-bond donors (Lipinski definition) is 0. The molecule has 0 unspecified atom stereocenters. The van der Waals surface area contributed by atoms with E-state index in [0.717, 1.165) is 0 Å². The fourth-order valence-corrected chi connectivity index (χ4v) is 0.826. The highest BCUT2D eigenvalue weighted by Gasteiger charge is 2.23. The van der Waals surface area contributed by atoms with Crippen LogP contribution in [-0.4, -0.2) is 24.0 Å². The van der Waals surface area contributed by atoms with Crippen molar-refractivity contribution < 1.29 is 4.74 Å². The summed E-state index contributed by atoms with van der Waals surface area (Å²) in [4.78, 5) is 0. The lowest BCUT2D eigenvalue weighted by Crippen LogP contribution is -2.09. The zero-order valence-electron chi connectivity index (χ0n) is 3.73. The Hall–Kier alpha value is 0.540. The van der Waals surface area contributed by atoms with E-state index in [4.69, 9.17) is 27.9 Å². The summed E-state index contributed by atoms with van der Waals surface area (Å²) in [5.41, 5.74) is 0. The third-order valence-corrected chi connectivity index (χ3v) is 1.94. The summed E-state index contributed by atoms with van der Waals surface area (Å²) in [5, 5.41) is 0.0586. The van der Waals surface area contributed by atoms with Gasteiger partial charge in [-0.2, -0.15) is 0 Å². The molecule has 0 aliphatic carbocycles. The molecule has 42 valence electrons. The molecule has 0 spiro atoms. The first-order chi connectivity index (χ1) is 3.30. The van der Waals surface area contributed by atoms with Crippen molar-refractivity contribution in [2.75, 3.05) is 13.2 Å². The second-order valence-corrected chi connectivity index (χ2v) is 2.69. The molecule has 3 heteroatoms. The maximum Gasteiger partial charge on any atom is 0.0755 e. The minimum Gasteiger partial charge on any atom is -0.378 e. The SMILES string of the molecule is Cl[C@H]1COC[C@@H]1Cl. The lowest BCUT2D eigenvalue weighted by molar-refractivity contribution is 0.199. The smallest absolute Gasteiger partial charge is 0.0755 e. The Kier molecular flexibility index (Phi) is 1.79. The molecule has 0 saturated carbocycles. The van der Waals surface area contributed by atoms with E-state index in [2.05, 4.69) is 0 Å². The first kappa shape index (κ1) is 5.67. The zero-order valence-corrected chi connectivity index (χ0v) is 5.24. The Morgan fingerprint density at radius 2 is 1.57 bits per heavy atom. The minimum atomic E-state index is 0.0293. The maximum atomic E-state index is 5.61. The van der Waals surface area contributed by atoms with Crippen LogP contribution in [0.4, 0.5) is 0 Å². The molecule has 0 N–H and O–H groups in total. The molecule has 0 aromatic carbocycles. The Bertz CT molecular complexity index is 58.7. The first-order valence-electron chi connectivity index (χ1n) is 2.16. The van der Waals surface area contributed by atoms with Gasteiger partial charge in [-0.05, 0) is 0 Å². The van der Waals surface area contributed by atoms with Gasteiger partial charge in [-0.1, -0.05) is 0 Å². The normalized spacial score (nSPS) is 42.0.